The Labute approximate surface area is 115 Å². The summed E-state index contributed by atoms with van der Waals surface area (Å²) < 4.78 is 13.2. The van der Waals surface area contributed by atoms with E-state index >= 15 is 0 Å². The fourth-order valence-corrected chi connectivity index (χ4v) is 2.55. The van der Waals surface area contributed by atoms with E-state index in [0.717, 1.165) is 11.1 Å². The number of nitrogens with zero attached hydrogens (tertiary/aromatic N) is 3. The second-order valence-electron chi connectivity index (χ2n) is 4.88. The van der Waals surface area contributed by atoms with Crippen LogP contribution in [-0.2, 0) is 11.2 Å². The minimum atomic E-state index is -1.27. The van der Waals surface area contributed by atoms with E-state index in [0.29, 0.717) is 11.1 Å². The normalized spacial score (nSPS) is 13.2. The molecule has 0 saturated carbocycles. The summed E-state index contributed by atoms with van der Waals surface area (Å²) in [7, 11) is 1.78. The Kier molecular flexibility index (Phi) is 3.69. The number of aromatic nitrogens is 3. The van der Waals surface area contributed by atoms with Gasteiger partial charge in [0.05, 0.1) is 5.69 Å². The number of rotatable bonds is 2. The van der Waals surface area contributed by atoms with Crippen molar-refractivity contribution in [3.05, 3.63) is 22.1 Å². The molecule has 2 rings (SSSR count). The van der Waals surface area contributed by atoms with Crippen LogP contribution in [0, 0.1) is 6.92 Å². The fraction of sp³-hybridized carbons (Fsp3) is 0.417. The van der Waals surface area contributed by atoms with Gasteiger partial charge in [0, 0.05) is 22.6 Å². The van der Waals surface area contributed by atoms with E-state index in [-0.39, 0.29) is 16.8 Å². The lowest BCUT2D eigenvalue weighted by molar-refractivity contribution is 0.582. The Morgan fingerprint density at radius 2 is 2.05 bits per heavy atom. The van der Waals surface area contributed by atoms with E-state index in [9.17, 15) is 9.35 Å². The first kappa shape index (κ1) is 14.1. The highest BCUT2D eigenvalue weighted by atomic mass is 32.2. The minimum Gasteiger partial charge on any atom is -0.609 e. The molecule has 0 aliphatic heterocycles. The van der Waals surface area contributed by atoms with Gasteiger partial charge in [0.15, 0.2) is 5.65 Å². The second-order valence-corrected chi connectivity index (χ2v) is 6.15. The summed E-state index contributed by atoms with van der Waals surface area (Å²) in [5.41, 5.74) is 1.91. The van der Waals surface area contributed by atoms with Crippen LogP contribution < -0.4 is 11.0 Å². The third-order valence-electron chi connectivity index (χ3n) is 3.01. The first-order valence-electron chi connectivity index (χ1n) is 6.07. The van der Waals surface area contributed by atoms with E-state index in [1.807, 2.05) is 20.8 Å². The van der Waals surface area contributed by atoms with Crippen molar-refractivity contribution in [3.63, 3.8) is 0 Å². The molecule has 0 aliphatic rings. The lowest BCUT2D eigenvalue weighted by atomic mass is 9.96. The molecule has 2 aromatic rings. The molecule has 0 spiro atoms. The second kappa shape index (κ2) is 4.98. The number of hydrogen-bond donors (Lipinski definition) is 0. The van der Waals surface area contributed by atoms with E-state index in [4.69, 9.17) is 0 Å². The lowest BCUT2D eigenvalue weighted by Crippen LogP contribution is -2.36. The molecule has 100 valence electrons. The van der Waals surface area contributed by atoms with Crippen molar-refractivity contribution in [2.75, 3.05) is 6.26 Å². The predicted molar refractivity (Wildman–Crippen MR) is 79.4 cm³/mol. The van der Waals surface area contributed by atoms with Gasteiger partial charge >= 0.3 is 5.16 Å². The summed E-state index contributed by atoms with van der Waals surface area (Å²) >= 11 is -1.27. The molecular weight excluding hydrogens is 261 g/mol. The lowest BCUT2D eigenvalue weighted by Gasteiger charge is -2.15. The average Bonchev–Trinajstić information content (AvgIpc) is 2.30. The molecule has 1 atom stereocenters. The summed E-state index contributed by atoms with van der Waals surface area (Å²) in [6, 6.07) is 1.79. The molecule has 0 radical (unpaired) electrons. The van der Waals surface area contributed by atoms with Gasteiger partial charge in [-0.3, -0.25) is 9.36 Å². The first-order valence-corrected chi connectivity index (χ1v) is 7.62. The Hall–Kier alpha value is -1.34. The fourth-order valence-electron chi connectivity index (χ4n) is 2.07. The van der Waals surface area contributed by atoms with Crippen LogP contribution in [0.15, 0.2) is 16.0 Å². The van der Waals surface area contributed by atoms with Gasteiger partial charge < -0.3 is 4.55 Å². The van der Waals surface area contributed by atoms with Crippen LogP contribution in [0.2, 0.25) is 0 Å². The molecule has 0 aromatic carbocycles. The summed E-state index contributed by atoms with van der Waals surface area (Å²) in [6.07, 6.45) is 1.53. The largest absolute Gasteiger partial charge is 0.609 e. The molecule has 2 heterocycles. The van der Waals surface area contributed by atoms with Crippen molar-refractivity contribution in [2.24, 2.45) is 0 Å². The SMILES string of the molecule is Bc1cc2c(C)nc([S+](C)[O-])nc2n(C(C)C)c1=O. The Morgan fingerprint density at radius 1 is 1.42 bits per heavy atom. The number of fused-ring (bicyclic) bond motifs is 1. The number of aryl methyl sites for hydroxylation is 1. The molecule has 0 N–H and O–H groups in total. The Bertz CT molecular complexity index is 697. The summed E-state index contributed by atoms with van der Waals surface area (Å²) in [6.45, 7) is 5.70. The third kappa shape index (κ3) is 2.40. The maximum atomic E-state index is 12.2. The van der Waals surface area contributed by atoms with Gasteiger partial charge in [-0.05, 0) is 26.2 Å². The maximum absolute atomic E-state index is 12.2. The van der Waals surface area contributed by atoms with Crippen molar-refractivity contribution < 1.29 is 4.55 Å². The van der Waals surface area contributed by atoms with Crippen molar-refractivity contribution in [1.29, 1.82) is 0 Å². The monoisotopic (exact) mass is 277 g/mol. The predicted octanol–water partition coefficient (Wildman–Crippen LogP) is -0.323. The van der Waals surface area contributed by atoms with Gasteiger partial charge in [0.2, 0.25) is 5.56 Å². The van der Waals surface area contributed by atoms with E-state index in [2.05, 4.69) is 9.97 Å². The Morgan fingerprint density at radius 3 is 2.58 bits per heavy atom. The molecule has 5 nitrogen and oxygen atoms in total. The van der Waals surface area contributed by atoms with Gasteiger partial charge in [0.25, 0.3) is 0 Å². The van der Waals surface area contributed by atoms with Crippen LogP contribution in [0.3, 0.4) is 0 Å². The van der Waals surface area contributed by atoms with Gasteiger partial charge in [-0.2, -0.15) is 9.97 Å². The molecule has 19 heavy (non-hydrogen) atoms. The topological polar surface area (TPSA) is 70.8 Å². The van der Waals surface area contributed by atoms with Crippen LogP contribution in [0.4, 0.5) is 0 Å². The highest BCUT2D eigenvalue weighted by molar-refractivity contribution is 7.90. The van der Waals surface area contributed by atoms with E-state index < -0.39 is 11.2 Å². The van der Waals surface area contributed by atoms with Crippen LogP contribution in [-0.4, -0.2) is 33.2 Å². The van der Waals surface area contributed by atoms with Crippen LogP contribution in [0.5, 0.6) is 0 Å². The van der Waals surface area contributed by atoms with Crippen molar-refractivity contribution in [2.45, 2.75) is 32.0 Å². The summed E-state index contributed by atoms with van der Waals surface area (Å²) in [5.74, 6) is 0. The molecule has 1 unspecified atom stereocenters. The van der Waals surface area contributed by atoms with E-state index in [1.54, 1.807) is 18.5 Å². The molecule has 0 aliphatic carbocycles. The molecular formula is C12H16BN3O2S. The average molecular weight is 277 g/mol. The Balaban J connectivity index is 2.96. The quantitative estimate of drug-likeness (QED) is 0.428. The first-order chi connectivity index (χ1) is 8.82. The number of pyridine rings is 1. The zero-order valence-electron chi connectivity index (χ0n) is 11.7. The maximum Gasteiger partial charge on any atom is 0.344 e. The standard InChI is InChI=1S/C12H16BN3O2S/c1-6(2)16-10-8(5-9(13)11(16)17)7(3)14-12(15-10)19(4)18/h5-6H,13H2,1-4H3. The van der Waals surface area contributed by atoms with Gasteiger partial charge in [-0.1, -0.05) is 6.07 Å². The molecule has 2 aromatic heterocycles. The summed E-state index contributed by atoms with van der Waals surface area (Å²) in [5, 5.41) is 1.10. The van der Waals surface area contributed by atoms with Gasteiger partial charge in [-0.25, -0.2) is 0 Å². The zero-order valence-corrected chi connectivity index (χ0v) is 12.5. The van der Waals surface area contributed by atoms with Crippen molar-refractivity contribution >= 4 is 35.5 Å². The molecule has 0 fully saturated rings. The van der Waals surface area contributed by atoms with Gasteiger partial charge in [0.1, 0.15) is 14.1 Å². The minimum absolute atomic E-state index is 0.0117. The van der Waals surface area contributed by atoms with Gasteiger partial charge in [-0.15, -0.1) is 0 Å². The highest BCUT2D eigenvalue weighted by Crippen LogP contribution is 2.17. The van der Waals surface area contributed by atoms with Crippen LogP contribution in [0.25, 0.3) is 11.0 Å². The number of hydrogen-bond acceptors (Lipinski definition) is 4. The molecule has 0 saturated heterocycles. The zero-order chi connectivity index (χ0) is 14.3. The molecule has 0 amide bonds. The smallest absolute Gasteiger partial charge is 0.344 e. The van der Waals surface area contributed by atoms with Crippen LogP contribution in [0.1, 0.15) is 25.6 Å². The molecule has 0 bridgehead atoms. The third-order valence-corrected chi connectivity index (χ3v) is 3.71. The van der Waals surface area contributed by atoms with Crippen molar-refractivity contribution in [3.8, 4) is 0 Å². The summed E-state index contributed by atoms with van der Waals surface area (Å²) in [4.78, 5) is 20.8. The molecule has 7 heteroatoms. The van der Waals surface area contributed by atoms with Crippen molar-refractivity contribution in [1.82, 2.24) is 14.5 Å². The highest BCUT2D eigenvalue weighted by Gasteiger charge is 2.17. The van der Waals surface area contributed by atoms with E-state index in [1.165, 1.54) is 6.26 Å². The van der Waals surface area contributed by atoms with Crippen LogP contribution >= 0.6 is 0 Å².